The maximum atomic E-state index is 11.8. The van der Waals surface area contributed by atoms with Crippen molar-refractivity contribution in [2.75, 3.05) is 11.9 Å². The third-order valence-corrected chi connectivity index (χ3v) is 3.79. The number of aliphatic hydroxyl groups is 1. The molecule has 0 saturated carbocycles. The number of rotatable bonds is 6. The summed E-state index contributed by atoms with van der Waals surface area (Å²) >= 11 is 1.35. The number of aromatic nitrogens is 1. The fourth-order valence-corrected chi connectivity index (χ4v) is 2.61. The van der Waals surface area contributed by atoms with Crippen molar-refractivity contribution >= 4 is 22.5 Å². The van der Waals surface area contributed by atoms with Crippen molar-refractivity contribution in [2.24, 2.45) is 0 Å². The van der Waals surface area contributed by atoms with Crippen molar-refractivity contribution < 1.29 is 14.6 Å². The first-order valence-electron chi connectivity index (χ1n) is 7.35. The maximum absolute atomic E-state index is 11.8. The fourth-order valence-electron chi connectivity index (χ4n) is 1.93. The van der Waals surface area contributed by atoms with Crippen LogP contribution in [0.5, 0.6) is 5.75 Å². The monoisotopic (exact) mass is 335 g/mol. The van der Waals surface area contributed by atoms with Crippen LogP contribution < -0.4 is 15.4 Å². The molecule has 1 aromatic heterocycles. The van der Waals surface area contributed by atoms with Gasteiger partial charge in [-0.15, -0.1) is 11.3 Å². The average Bonchev–Trinajstić information content (AvgIpc) is 2.89. The Hall–Kier alpha value is -2.12. The summed E-state index contributed by atoms with van der Waals surface area (Å²) in [4.78, 5) is 15.9. The Labute approximate surface area is 139 Å². The van der Waals surface area contributed by atoms with Crippen LogP contribution in [0, 0.1) is 6.92 Å². The molecule has 0 saturated heterocycles. The van der Waals surface area contributed by atoms with E-state index in [0.717, 1.165) is 5.69 Å². The molecule has 2 amide bonds. The molecule has 0 aliphatic carbocycles. The van der Waals surface area contributed by atoms with Crippen molar-refractivity contribution in [1.82, 2.24) is 10.3 Å². The van der Waals surface area contributed by atoms with Crippen molar-refractivity contribution in [3.05, 3.63) is 40.9 Å². The predicted molar refractivity (Wildman–Crippen MR) is 91.0 cm³/mol. The van der Waals surface area contributed by atoms with Crippen LogP contribution in [0.15, 0.2) is 29.6 Å². The van der Waals surface area contributed by atoms with Crippen LogP contribution in [0.3, 0.4) is 0 Å². The van der Waals surface area contributed by atoms with Gasteiger partial charge in [-0.05, 0) is 38.5 Å². The van der Waals surface area contributed by atoms with Crippen molar-refractivity contribution in [3.63, 3.8) is 0 Å². The highest BCUT2D eigenvalue weighted by molar-refractivity contribution is 7.13. The first-order chi connectivity index (χ1) is 10.9. The van der Waals surface area contributed by atoms with E-state index in [-0.39, 0.29) is 12.6 Å². The first-order valence-corrected chi connectivity index (χ1v) is 8.23. The number of carbonyl (C=O) groups is 1. The second-order valence-electron chi connectivity index (χ2n) is 5.38. The van der Waals surface area contributed by atoms with Gasteiger partial charge in [-0.1, -0.05) is 12.1 Å². The average molecular weight is 335 g/mol. The number of carbonyl (C=O) groups excluding carboxylic acids is 1. The minimum absolute atomic E-state index is 0.0630. The minimum atomic E-state index is -0.811. The van der Waals surface area contributed by atoms with Gasteiger partial charge in [0.1, 0.15) is 5.75 Å². The first kappa shape index (κ1) is 17.2. The van der Waals surface area contributed by atoms with Crippen molar-refractivity contribution in [1.29, 1.82) is 0 Å². The molecule has 0 unspecified atom stereocenters. The van der Waals surface area contributed by atoms with Crippen molar-refractivity contribution in [3.8, 4) is 5.75 Å². The number of hydrogen-bond donors (Lipinski definition) is 3. The number of hydrogen-bond acceptors (Lipinski definition) is 5. The molecule has 2 aromatic rings. The number of anilines is 1. The van der Waals surface area contributed by atoms with E-state index in [1.165, 1.54) is 11.3 Å². The fraction of sp³-hybridized carbons (Fsp3) is 0.375. The van der Waals surface area contributed by atoms with Gasteiger partial charge in [0.25, 0.3) is 0 Å². The van der Waals surface area contributed by atoms with Crippen LogP contribution in [0.4, 0.5) is 9.93 Å². The number of aliphatic hydroxyl groups excluding tert-OH is 1. The standard InChI is InChI=1S/C16H21N3O3S/c1-10(2)22-13-6-4-5-12(7-13)14(20)8-17-15(21)19-16-18-11(3)9-23-16/h4-7,9-10,14,20H,8H2,1-3H3,(H2,17,18,19,21)/t14-/m1/s1. The third-order valence-electron chi connectivity index (χ3n) is 2.91. The normalized spacial score (nSPS) is 12.0. The second-order valence-corrected chi connectivity index (χ2v) is 6.24. The third kappa shape index (κ3) is 5.54. The van der Waals surface area contributed by atoms with Gasteiger partial charge in [-0.3, -0.25) is 5.32 Å². The largest absolute Gasteiger partial charge is 0.491 e. The molecule has 3 N–H and O–H groups in total. The number of nitrogens with zero attached hydrogens (tertiary/aromatic N) is 1. The number of ether oxygens (including phenoxy) is 1. The minimum Gasteiger partial charge on any atom is -0.491 e. The van der Waals surface area contributed by atoms with Crippen LogP contribution >= 0.6 is 11.3 Å². The zero-order chi connectivity index (χ0) is 16.8. The molecular weight excluding hydrogens is 314 g/mol. The Morgan fingerprint density at radius 1 is 1.43 bits per heavy atom. The van der Waals surface area contributed by atoms with Crippen LogP contribution in [0.2, 0.25) is 0 Å². The van der Waals surface area contributed by atoms with E-state index in [1.807, 2.05) is 38.3 Å². The molecule has 7 heteroatoms. The highest BCUT2D eigenvalue weighted by Crippen LogP contribution is 2.20. The lowest BCUT2D eigenvalue weighted by molar-refractivity contribution is 0.174. The van der Waals surface area contributed by atoms with E-state index in [0.29, 0.717) is 16.4 Å². The lowest BCUT2D eigenvalue weighted by Crippen LogP contribution is -2.32. The molecule has 0 aliphatic heterocycles. The van der Waals surface area contributed by atoms with E-state index < -0.39 is 12.1 Å². The Morgan fingerprint density at radius 3 is 2.87 bits per heavy atom. The number of benzene rings is 1. The smallest absolute Gasteiger partial charge is 0.321 e. The van der Waals surface area contributed by atoms with E-state index in [1.54, 1.807) is 12.1 Å². The van der Waals surface area contributed by atoms with E-state index in [9.17, 15) is 9.90 Å². The number of urea groups is 1. The quantitative estimate of drug-likeness (QED) is 0.757. The Morgan fingerprint density at radius 2 is 2.22 bits per heavy atom. The molecular formula is C16H21N3O3S. The van der Waals surface area contributed by atoms with Gasteiger partial charge in [0.05, 0.1) is 17.9 Å². The van der Waals surface area contributed by atoms with Gasteiger partial charge in [-0.25, -0.2) is 9.78 Å². The molecule has 23 heavy (non-hydrogen) atoms. The summed E-state index contributed by atoms with van der Waals surface area (Å²) in [5.74, 6) is 0.694. The molecule has 1 heterocycles. The van der Waals surface area contributed by atoms with Gasteiger partial charge in [0.15, 0.2) is 5.13 Å². The lowest BCUT2D eigenvalue weighted by Gasteiger charge is -2.15. The van der Waals surface area contributed by atoms with E-state index >= 15 is 0 Å². The molecule has 1 aromatic carbocycles. The summed E-state index contributed by atoms with van der Waals surface area (Å²) in [6.07, 6.45) is -0.748. The van der Waals surface area contributed by atoms with Crippen LogP contribution in [0.25, 0.3) is 0 Å². The van der Waals surface area contributed by atoms with Crippen LogP contribution in [-0.4, -0.2) is 28.8 Å². The molecule has 0 fully saturated rings. The highest BCUT2D eigenvalue weighted by atomic mass is 32.1. The predicted octanol–water partition coefficient (Wildman–Crippen LogP) is 3.09. The van der Waals surface area contributed by atoms with Crippen LogP contribution in [-0.2, 0) is 0 Å². The highest BCUT2D eigenvalue weighted by Gasteiger charge is 2.11. The molecule has 124 valence electrons. The summed E-state index contributed by atoms with van der Waals surface area (Å²) < 4.78 is 5.59. The maximum Gasteiger partial charge on any atom is 0.321 e. The molecule has 2 rings (SSSR count). The molecule has 0 bridgehead atoms. The number of nitrogens with one attached hydrogen (secondary N) is 2. The summed E-state index contributed by atoms with van der Waals surface area (Å²) in [5, 5.41) is 17.8. The summed E-state index contributed by atoms with van der Waals surface area (Å²) in [7, 11) is 0. The molecule has 0 radical (unpaired) electrons. The van der Waals surface area contributed by atoms with Gasteiger partial charge < -0.3 is 15.2 Å². The van der Waals surface area contributed by atoms with E-state index in [4.69, 9.17) is 4.74 Å². The van der Waals surface area contributed by atoms with Gasteiger partial charge >= 0.3 is 6.03 Å². The molecule has 1 atom stereocenters. The number of aryl methyl sites for hydroxylation is 1. The molecule has 6 nitrogen and oxygen atoms in total. The topological polar surface area (TPSA) is 83.5 Å². The number of thiazole rings is 1. The van der Waals surface area contributed by atoms with Gasteiger partial charge in [0.2, 0.25) is 0 Å². The van der Waals surface area contributed by atoms with E-state index in [2.05, 4.69) is 15.6 Å². The van der Waals surface area contributed by atoms with Gasteiger partial charge in [-0.2, -0.15) is 0 Å². The molecule has 0 aliphatic rings. The summed E-state index contributed by atoms with van der Waals surface area (Å²) in [5.41, 5.74) is 1.54. The van der Waals surface area contributed by atoms with Crippen LogP contribution in [0.1, 0.15) is 31.2 Å². The summed E-state index contributed by atoms with van der Waals surface area (Å²) in [6, 6.07) is 6.82. The lowest BCUT2D eigenvalue weighted by atomic mass is 10.1. The van der Waals surface area contributed by atoms with Gasteiger partial charge in [0, 0.05) is 11.9 Å². The Balaban J connectivity index is 1.86. The SMILES string of the molecule is Cc1csc(NC(=O)NC[C@@H](O)c2cccc(OC(C)C)c2)n1. The zero-order valence-corrected chi connectivity index (χ0v) is 14.2. The number of amides is 2. The molecule has 0 spiro atoms. The summed E-state index contributed by atoms with van der Waals surface area (Å²) in [6.45, 7) is 5.83. The Bertz CT molecular complexity index is 658. The Kier molecular flexibility index (Phi) is 5.95. The second kappa shape index (κ2) is 7.94. The zero-order valence-electron chi connectivity index (χ0n) is 13.4. The van der Waals surface area contributed by atoms with Crippen molar-refractivity contribution in [2.45, 2.75) is 33.0 Å².